The van der Waals surface area contributed by atoms with Gasteiger partial charge >= 0.3 is 0 Å². The minimum absolute atomic E-state index is 0.303. The van der Waals surface area contributed by atoms with Gasteiger partial charge in [0.15, 0.2) is 5.82 Å². The molecule has 2 aromatic carbocycles. The molecule has 0 unspecified atom stereocenters. The molecule has 3 aromatic heterocycles. The second kappa shape index (κ2) is 8.91. The van der Waals surface area contributed by atoms with Gasteiger partial charge in [-0.05, 0) is 49.2 Å². The highest BCUT2D eigenvalue weighted by atomic mass is 32.1. The fourth-order valence-electron chi connectivity index (χ4n) is 4.00. The van der Waals surface area contributed by atoms with E-state index in [1.807, 2.05) is 6.07 Å². The standard InChI is InChI=1S/C26H21N5S2/c1-2-5-17(6-3-1)13-24-31-21-11-9-19(14-23(21)33-24)30-26-25-22(28-16-29-26)15-20(32-25)10-8-18-7-4-12-27-18/h1-3,5-6,9,11,14-16,18,27H,4,7,12-13H2,(H,28,29,30)/t18-/m1/s1. The van der Waals surface area contributed by atoms with Crippen LogP contribution in [-0.2, 0) is 6.42 Å². The van der Waals surface area contributed by atoms with Gasteiger partial charge in [0, 0.05) is 12.1 Å². The van der Waals surface area contributed by atoms with Crippen LogP contribution in [0.4, 0.5) is 11.5 Å². The molecule has 0 radical (unpaired) electrons. The normalized spacial score (nSPS) is 15.6. The van der Waals surface area contributed by atoms with Gasteiger partial charge in [0.05, 0.1) is 36.4 Å². The third kappa shape index (κ3) is 4.46. The van der Waals surface area contributed by atoms with E-state index in [4.69, 9.17) is 4.98 Å². The molecule has 0 bridgehead atoms. The molecule has 0 spiro atoms. The van der Waals surface area contributed by atoms with Gasteiger partial charge in [-0.1, -0.05) is 42.2 Å². The molecule has 1 aliphatic rings. The Kier molecular flexibility index (Phi) is 5.48. The Morgan fingerprint density at radius 1 is 1.03 bits per heavy atom. The van der Waals surface area contributed by atoms with Crippen molar-refractivity contribution in [2.45, 2.75) is 25.3 Å². The Labute approximate surface area is 199 Å². The first-order chi connectivity index (χ1) is 16.3. The average molecular weight is 468 g/mol. The number of thiazole rings is 1. The van der Waals surface area contributed by atoms with E-state index in [1.54, 1.807) is 29.0 Å². The van der Waals surface area contributed by atoms with Crippen LogP contribution in [0.15, 0.2) is 60.9 Å². The zero-order valence-electron chi connectivity index (χ0n) is 17.8. The number of nitrogens with one attached hydrogen (secondary N) is 2. The van der Waals surface area contributed by atoms with Crippen LogP contribution in [0.3, 0.4) is 0 Å². The summed E-state index contributed by atoms with van der Waals surface area (Å²) >= 11 is 3.37. The number of fused-ring (bicyclic) bond motifs is 2. The number of benzene rings is 2. The highest BCUT2D eigenvalue weighted by molar-refractivity contribution is 7.20. The number of aromatic nitrogens is 3. The zero-order valence-corrected chi connectivity index (χ0v) is 19.5. The second-order valence-corrected chi connectivity index (χ2v) is 10.2. The van der Waals surface area contributed by atoms with Gasteiger partial charge in [-0.15, -0.1) is 22.7 Å². The van der Waals surface area contributed by atoms with Crippen LogP contribution in [0.1, 0.15) is 28.3 Å². The van der Waals surface area contributed by atoms with Crippen LogP contribution in [0.2, 0.25) is 0 Å². The van der Waals surface area contributed by atoms with E-state index in [9.17, 15) is 0 Å². The van der Waals surface area contributed by atoms with Gasteiger partial charge in [0.2, 0.25) is 0 Å². The van der Waals surface area contributed by atoms with E-state index in [2.05, 4.69) is 81.0 Å². The Bertz CT molecular complexity index is 1490. The van der Waals surface area contributed by atoms with Crippen LogP contribution in [-0.4, -0.2) is 27.5 Å². The van der Waals surface area contributed by atoms with Gasteiger partial charge in [-0.2, -0.15) is 0 Å². The van der Waals surface area contributed by atoms with E-state index in [1.165, 1.54) is 12.0 Å². The molecule has 162 valence electrons. The number of hydrogen-bond donors (Lipinski definition) is 2. The van der Waals surface area contributed by atoms with Gasteiger partial charge in [0.25, 0.3) is 0 Å². The monoisotopic (exact) mass is 467 g/mol. The summed E-state index contributed by atoms with van der Waals surface area (Å²) in [6.45, 7) is 1.06. The summed E-state index contributed by atoms with van der Waals surface area (Å²) in [5.41, 5.74) is 4.22. The topological polar surface area (TPSA) is 62.7 Å². The number of rotatable bonds is 4. The van der Waals surface area contributed by atoms with Crippen molar-refractivity contribution in [2.24, 2.45) is 0 Å². The Balaban J connectivity index is 1.25. The molecule has 0 aliphatic carbocycles. The minimum atomic E-state index is 0.303. The highest BCUT2D eigenvalue weighted by Crippen LogP contribution is 2.32. The SMILES string of the molecule is C(#C[C@H]1CCCN1)c1cc2ncnc(Nc3ccc4nc(Cc5ccccc5)sc4c3)c2s1. The third-order valence-electron chi connectivity index (χ3n) is 5.63. The fourth-order valence-corrected chi connectivity index (χ4v) is 5.96. The Hall–Kier alpha value is -3.31. The lowest BCUT2D eigenvalue weighted by Gasteiger charge is -2.05. The summed E-state index contributed by atoms with van der Waals surface area (Å²) in [5.74, 6) is 7.47. The van der Waals surface area contributed by atoms with E-state index < -0.39 is 0 Å². The lowest BCUT2D eigenvalue weighted by molar-refractivity contribution is 0.749. The van der Waals surface area contributed by atoms with Crippen molar-refractivity contribution < 1.29 is 0 Å². The van der Waals surface area contributed by atoms with E-state index >= 15 is 0 Å². The average Bonchev–Trinajstić information content (AvgIpc) is 3.58. The summed E-state index contributed by atoms with van der Waals surface area (Å²) in [4.78, 5) is 14.8. The fraction of sp³-hybridized carbons (Fsp3) is 0.192. The molecule has 5 aromatic rings. The molecule has 2 N–H and O–H groups in total. The van der Waals surface area contributed by atoms with Crippen LogP contribution in [0.25, 0.3) is 20.4 Å². The first-order valence-electron chi connectivity index (χ1n) is 11.0. The zero-order chi connectivity index (χ0) is 22.0. The summed E-state index contributed by atoms with van der Waals surface area (Å²) < 4.78 is 2.19. The van der Waals surface area contributed by atoms with Crippen LogP contribution in [0, 0.1) is 11.8 Å². The molecule has 1 atom stereocenters. The molecule has 33 heavy (non-hydrogen) atoms. The van der Waals surface area contributed by atoms with Gasteiger partial charge in [-0.25, -0.2) is 15.0 Å². The van der Waals surface area contributed by atoms with Gasteiger partial charge in [0.1, 0.15) is 6.33 Å². The number of thiophene rings is 1. The molecular formula is C26H21N5S2. The number of hydrogen-bond acceptors (Lipinski definition) is 7. The van der Waals surface area contributed by atoms with E-state index in [-0.39, 0.29) is 0 Å². The Morgan fingerprint density at radius 2 is 1.97 bits per heavy atom. The lowest BCUT2D eigenvalue weighted by atomic mass is 10.2. The third-order valence-corrected chi connectivity index (χ3v) is 7.70. The molecule has 0 saturated carbocycles. The van der Waals surface area contributed by atoms with E-state index in [0.29, 0.717) is 6.04 Å². The predicted octanol–water partition coefficient (Wildman–Crippen LogP) is 5.74. The van der Waals surface area contributed by atoms with Crippen molar-refractivity contribution in [1.29, 1.82) is 0 Å². The maximum absolute atomic E-state index is 4.81. The van der Waals surface area contributed by atoms with Crippen molar-refractivity contribution in [3.63, 3.8) is 0 Å². The van der Waals surface area contributed by atoms with Crippen molar-refractivity contribution in [3.8, 4) is 11.8 Å². The van der Waals surface area contributed by atoms with Crippen LogP contribution < -0.4 is 10.6 Å². The maximum atomic E-state index is 4.81. The van der Waals surface area contributed by atoms with Crippen molar-refractivity contribution in [3.05, 3.63) is 76.4 Å². The van der Waals surface area contributed by atoms with E-state index in [0.717, 1.165) is 61.2 Å². The molecule has 5 nitrogen and oxygen atoms in total. The molecule has 0 amide bonds. The van der Waals surface area contributed by atoms with Crippen LogP contribution in [0.5, 0.6) is 0 Å². The predicted molar refractivity (Wildman–Crippen MR) is 137 cm³/mol. The summed E-state index contributed by atoms with van der Waals surface area (Å²) in [6, 6.07) is 19.1. The summed E-state index contributed by atoms with van der Waals surface area (Å²) in [7, 11) is 0. The quantitative estimate of drug-likeness (QED) is 0.330. The molecule has 1 fully saturated rings. The second-order valence-electron chi connectivity index (χ2n) is 8.04. The summed E-state index contributed by atoms with van der Waals surface area (Å²) in [5, 5.41) is 8.03. The highest BCUT2D eigenvalue weighted by Gasteiger charge is 2.12. The van der Waals surface area contributed by atoms with Crippen molar-refractivity contribution in [2.75, 3.05) is 11.9 Å². The molecular weight excluding hydrogens is 446 g/mol. The number of nitrogens with zero attached hydrogens (tertiary/aromatic N) is 3. The minimum Gasteiger partial charge on any atom is -0.339 e. The van der Waals surface area contributed by atoms with Crippen molar-refractivity contribution >= 4 is 54.6 Å². The lowest BCUT2D eigenvalue weighted by Crippen LogP contribution is -2.18. The maximum Gasteiger partial charge on any atom is 0.151 e. The summed E-state index contributed by atoms with van der Waals surface area (Å²) in [6.07, 6.45) is 4.78. The first-order valence-corrected chi connectivity index (χ1v) is 12.6. The first kappa shape index (κ1) is 20.3. The van der Waals surface area contributed by atoms with Gasteiger partial charge < -0.3 is 10.6 Å². The molecule has 1 saturated heterocycles. The van der Waals surface area contributed by atoms with Crippen molar-refractivity contribution in [1.82, 2.24) is 20.3 Å². The molecule has 4 heterocycles. The molecule has 7 heteroatoms. The number of anilines is 2. The molecule has 1 aliphatic heterocycles. The van der Waals surface area contributed by atoms with Crippen LogP contribution >= 0.6 is 22.7 Å². The largest absolute Gasteiger partial charge is 0.339 e. The smallest absolute Gasteiger partial charge is 0.151 e. The molecule has 6 rings (SSSR count). The van der Waals surface area contributed by atoms with Gasteiger partial charge in [-0.3, -0.25) is 0 Å². The Morgan fingerprint density at radius 3 is 2.85 bits per heavy atom.